The third-order valence-corrected chi connectivity index (χ3v) is 3.00. The number of primary amides is 1. The van der Waals surface area contributed by atoms with Crippen molar-refractivity contribution in [3.63, 3.8) is 0 Å². The second-order valence-electron chi connectivity index (χ2n) is 3.82. The van der Waals surface area contributed by atoms with E-state index >= 15 is 0 Å². The average molecular weight is 378 g/mol. The first-order chi connectivity index (χ1) is 8.45. The molecule has 98 valence electrons. The number of carbonyl (C=O) groups is 2. The molecule has 18 heavy (non-hydrogen) atoms. The topological polar surface area (TPSA) is 63.4 Å². The van der Waals surface area contributed by atoms with E-state index in [1.807, 2.05) is 13.0 Å². The molecular formula is C12H14Br2N2O2. The molecular weight excluding hydrogens is 364 g/mol. The Morgan fingerprint density at radius 1 is 1.61 bits per heavy atom. The van der Waals surface area contributed by atoms with Crippen molar-refractivity contribution in [2.45, 2.75) is 25.8 Å². The zero-order valence-electron chi connectivity index (χ0n) is 9.90. The Labute approximate surface area is 123 Å². The molecule has 0 aromatic rings. The van der Waals surface area contributed by atoms with Crippen LogP contribution >= 0.6 is 31.9 Å². The second-order valence-corrected chi connectivity index (χ2v) is 6.59. The van der Waals surface area contributed by atoms with Crippen molar-refractivity contribution >= 4 is 43.7 Å². The lowest BCUT2D eigenvalue weighted by molar-refractivity contribution is -0.135. The van der Waals surface area contributed by atoms with Gasteiger partial charge < -0.3 is 10.6 Å². The lowest BCUT2D eigenvalue weighted by Crippen LogP contribution is -2.44. The van der Waals surface area contributed by atoms with Gasteiger partial charge in [-0.1, -0.05) is 13.0 Å². The third-order valence-electron chi connectivity index (χ3n) is 2.55. The lowest BCUT2D eigenvalue weighted by Gasteiger charge is -2.24. The highest BCUT2D eigenvalue weighted by Crippen LogP contribution is 2.21. The molecule has 6 heteroatoms. The molecule has 1 heterocycles. The van der Waals surface area contributed by atoms with Gasteiger partial charge in [-0.3, -0.25) is 9.59 Å². The molecule has 0 saturated heterocycles. The molecule has 0 aliphatic carbocycles. The largest absolute Gasteiger partial charge is 0.368 e. The molecule has 1 aliphatic heterocycles. The van der Waals surface area contributed by atoms with Crippen LogP contribution < -0.4 is 5.73 Å². The Balaban J connectivity index is 2.90. The van der Waals surface area contributed by atoms with Crippen LogP contribution in [-0.2, 0) is 9.59 Å². The Bertz CT molecular complexity index is 437. The van der Waals surface area contributed by atoms with Gasteiger partial charge in [0.05, 0.1) is 9.81 Å². The van der Waals surface area contributed by atoms with E-state index in [0.29, 0.717) is 6.42 Å². The summed E-state index contributed by atoms with van der Waals surface area (Å²) in [6.45, 7) is 1.82. The number of amides is 2. The van der Waals surface area contributed by atoms with E-state index in [4.69, 9.17) is 5.73 Å². The van der Waals surface area contributed by atoms with E-state index in [2.05, 4.69) is 31.9 Å². The monoisotopic (exact) mass is 376 g/mol. The minimum absolute atomic E-state index is 0.141. The van der Waals surface area contributed by atoms with E-state index in [0.717, 1.165) is 8.96 Å². The minimum atomic E-state index is -0.585. The summed E-state index contributed by atoms with van der Waals surface area (Å²) < 4.78 is 0.762. The summed E-state index contributed by atoms with van der Waals surface area (Å²) in [7, 11) is 0. The van der Waals surface area contributed by atoms with Gasteiger partial charge in [0.2, 0.25) is 11.8 Å². The van der Waals surface area contributed by atoms with Crippen LogP contribution in [0.2, 0.25) is 0 Å². The molecule has 0 bridgehead atoms. The summed E-state index contributed by atoms with van der Waals surface area (Å²) >= 11 is 6.50. The van der Waals surface area contributed by atoms with Gasteiger partial charge in [-0.2, -0.15) is 0 Å². The first kappa shape index (κ1) is 15.2. The number of allylic oxidation sites excluding steroid dienone is 3. The molecule has 0 fully saturated rings. The first-order valence-electron chi connectivity index (χ1n) is 5.46. The average Bonchev–Trinajstić information content (AvgIpc) is 2.41. The van der Waals surface area contributed by atoms with Crippen LogP contribution in [0.5, 0.6) is 0 Å². The fourth-order valence-corrected chi connectivity index (χ4v) is 2.31. The number of hydrogen-bond acceptors (Lipinski definition) is 2. The Morgan fingerprint density at radius 2 is 2.28 bits per heavy atom. The van der Waals surface area contributed by atoms with Gasteiger partial charge in [-0.25, -0.2) is 0 Å². The summed E-state index contributed by atoms with van der Waals surface area (Å²) in [5.74, 6) is -0.630. The SMILES string of the molecule is CCC(C(N)=O)N1C=CC=C(C=C(Br)Br)CC1=O. The molecule has 1 atom stereocenters. The molecule has 0 aromatic heterocycles. The summed E-state index contributed by atoms with van der Waals surface area (Å²) in [4.78, 5) is 24.8. The summed E-state index contributed by atoms with van der Waals surface area (Å²) in [5.41, 5.74) is 6.14. The van der Waals surface area contributed by atoms with Gasteiger partial charge in [-0.15, -0.1) is 0 Å². The molecule has 1 rings (SSSR count). The highest BCUT2D eigenvalue weighted by atomic mass is 79.9. The van der Waals surface area contributed by atoms with E-state index in [1.165, 1.54) is 4.90 Å². The van der Waals surface area contributed by atoms with Crippen molar-refractivity contribution in [2.75, 3.05) is 0 Å². The number of nitrogens with two attached hydrogens (primary N) is 1. The van der Waals surface area contributed by atoms with Crippen molar-refractivity contribution in [1.82, 2.24) is 4.90 Å². The Morgan fingerprint density at radius 3 is 2.78 bits per heavy atom. The lowest BCUT2D eigenvalue weighted by atomic mass is 10.1. The molecule has 1 unspecified atom stereocenters. The molecule has 0 aromatic carbocycles. The van der Waals surface area contributed by atoms with Crippen molar-refractivity contribution in [2.24, 2.45) is 5.73 Å². The maximum atomic E-state index is 12.1. The quantitative estimate of drug-likeness (QED) is 0.818. The van der Waals surface area contributed by atoms with Gasteiger partial charge in [0, 0.05) is 6.20 Å². The van der Waals surface area contributed by atoms with Crippen molar-refractivity contribution in [3.05, 3.63) is 33.4 Å². The number of halogens is 2. The van der Waals surface area contributed by atoms with Crippen LogP contribution in [0.3, 0.4) is 0 Å². The number of rotatable bonds is 4. The standard InChI is InChI=1S/C12H14Br2N2O2/c1-2-9(12(15)18)16-5-3-4-8(6-10(13)14)7-11(16)17/h3-6,9H,2,7H2,1H3,(H2,15,18). The van der Waals surface area contributed by atoms with Gasteiger partial charge in [-0.05, 0) is 56.0 Å². The van der Waals surface area contributed by atoms with E-state index in [1.54, 1.807) is 18.4 Å². The maximum Gasteiger partial charge on any atom is 0.240 e. The zero-order valence-corrected chi connectivity index (χ0v) is 13.1. The van der Waals surface area contributed by atoms with Gasteiger partial charge in [0.1, 0.15) is 6.04 Å². The number of nitrogens with zero attached hydrogens (tertiary/aromatic N) is 1. The van der Waals surface area contributed by atoms with Crippen LogP contribution in [0.25, 0.3) is 0 Å². The van der Waals surface area contributed by atoms with E-state index < -0.39 is 11.9 Å². The summed E-state index contributed by atoms with van der Waals surface area (Å²) in [6.07, 6.45) is 7.71. The summed E-state index contributed by atoms with van der Waals surface area (Å²) in [5, 5.41) is 0. The second kappa shape index (κ2) is 6.89. The minimum Gasteiger partial charge on any atom is -0.368 e. The Hall–Kier alpha value is -0.880. The van der Waals surface area contributed by atoms with Crippen molar-refractivity contribution < 1.29 is 9.59 Å². The molecule has 0 radical (unpaired) electrons. The van der Waals surface area contributed by atoms with Crippen LogP contribution in [0.4, 0.5) is 0 Å². The predicted octanol–water partition coefficient (Wildman–Crippen LogP) is 2.55. The van der Waals surface area contributed by atoms with Crippen LogP contribution in [0.1, 0.15) is 19.8 Å². The maximum absolute atomic E-state index is 12.1. The molecule has 0 saturated carbocycles. The predicted molar refractivity (Wildman–Crippen MR) is 77.9 cm³/mol. The molecule has 0 spiro atoms. The van der Waals surface area contributed by atoms with Gasteiger partial charge in [0.15, 0.2) is 0 Å². The fourth-order valence-electron chi connectivity index (χ4n) is 1.72. The van der Waals surface area contributed by atoms with Gasteiger partial charge in [0.25, 0.3) is 0 Å². The van der Waals surface area contributed by atoms with Crippen LogP contribution in [-0.4, -0.2) is 22.8 Å². The highest BCUT2D eigenvalue weighted by molar-refractivity contribution is 9.28. The fraction of sp³-hybridized carbons (Fsp3) is 0.333. The molecule has 1 aliphatic rings. The molecule has 2 N–H and O–H groups in total. The Kier molecular flexibility index (Phi) is 5.81. The summed E-state index contributed by atoms with van der Waals surface area (Å²) in [6, 6.07) is -0.585. The van der Waals surface area contributed by atoms with Gasteiger partial charge >= 0.3 is 0 Å². The molecule has 4 nitrogen and oxygen atoms in total. The normalized spacial score (nSPS) is 16.9. The van der Waals surface area contributed by atoms with E-state index in [9.17, 15) is 9.59 Å². The van der Waals surface area contributed by atoms with Crippen LogP contribution in [0, 0.1) is 0 Å². The smallest absolute Gasteiger partial charge is 0.240 e. The first-order valence-corrected chi connectivity index (χ1v) is 7.04. The highest BCUT2D eigenvalue weighted by Gasteiger charge is 2.25. The van der Waals surface area contributed by atoms with Crippen molar-refractivity contribution in [1.29, 1.82) is 0 Å². The third kappa shape index (κ3) is 4.10. The number of carbonyl (C=O) groups excluding carboxylic acids is 2. The molecule has 2 amide bonds. The van der Waals surface area contributed by atoms with Crippen molar-refractivity contribution in [3.8, 4) is 0 Å². The van der Waals surface area contributed by atoms with Crippen LogP contribution in [0.15, 0.2) is 33.4 Å². The number of hydrogen-bond donors (Lipinski definition) is 1. The van der Waals surface area contributed by atoms with E-state index in [-0.39, 0.29) is 12.3 Å². The zero-order chi connectivity index (χ0) is 13.7.